The van der Waals surface area contributed by atoms with Crippen LogP contribution in [-0.2, 0) is 6.42 Å². The number of hydrogen-bond acceptors (Lipinski definition) is 3. The van der Waals surface area contributed by atoms with Crippen LogP contribution in [0.2, 0.25) is 0 Å². The first-order valence-electron chi connectivity index (χ1n) is 11.7. The average Bonchev–Trinajstić information content (AvgIpc) is 2.77. The fourth-order valence-corrected chi connectivity index (χ4v) is 4.81. The Kier molecular flexibility index (Phi) is 8.55. The molecule has 1 unspecified atom stereocenters. The van der Waals surface area contributed by atoms with E-state index in [2.05, 4.69) is 13.8 Å². The Morgan fingerprint density at radius 1 is 1.09 bits per heavy atom. The Labute approximate surface area is 193 Å². The molecule has 1 fully saturated rings. The number of nitriles is 1. The van der Waals surface area contributed by atoms with E-state index >= 15 is 0 Å². The summed E-state index contributed by atoms with van der Waals surface area (Å²) in [5, 5.41) is 8.71. The van der Waals surface area contributed by atoms with Gasteiger partial charge in [0, 0.05) is 12.1 Å². The van der Waals surface area contributed by atoms with E-state index in [0.29, 0.717) is 11.8 Å². The van der Waals surface area contributed by atoms with Crippen molar-refractivity contribution in [1.29, 1.82) is 5.26 Å². The quantitative estimate of drug-likeness (QED) is 0.307. The molecule has 0 radical (unpaired) electrons. The predicted octanol–water partition coefficient (Wildman–Crippen LogP) is 7.37. The number of nitrogens with zero attached hydrogens (tertiary/aromatic N) is 1. The number of unbranched alkanes of at least 4 members (excludes halogenated alkanes) is 1. The third-order valence-corrected chi connectivity index (χ3v) is 6.81. The van der Waals surface area contributed by atoms with Gasteiger partial charge in [-0.3, -0.25) is 0 Å². The van der Waals surface area contributed by atoms with Gasteiger partial charge in [-0.1, -0.05) is 52.0 Å². The Balaban J connectivity index is 1.60. The molecule has 176 valence electrons. The first kappa shape index (κ1) is 24.8. The molecule has 0 amide bonds. The lowest BCUT2D eigenvalue weighted by Gasteiger charge is -2.32. The van der Waals surface area contributed by atoms with Crippen molar-refractivity contribution < 1.29 is 22.7 Å². The van der Waals surface area contributed by atoms with E-state index in [1.54, 1.807) is 6.07 Å². The topological polar surface area (TPSA) is 50.1 Å². The smallest absolute Gasteiger partial charge is 0.346 e. The number of esters is 1. The molecule has 0 heterocycles. The molecule has 1 aliphatic rings. The molecule has 33 heavy (non-hydrogen) atoms. The maximum absolute atomic E-state index is 14.7. The minimum absolute atomic E-state index is 0.312. The van der Waals surface area contributed by atoms with Crippen LogP contribution in [0.5, 0.6) is 5.75 Å². The van der Waals surface area contributed by atoms with Crippen LogP contribution in [-0.4, -0.2) is 5.97 Å². The van der Waals surface area contributed by atoms with E-state index in [4.69, 9.17) is 10.00 Å². The van der Waals surface area contributed by atoms with Gasteiger partial charge in [-0.2, -0.15) is 5.26 Å². The van der Waals surface area contributed by atoms with E-state index in [9.17, 15) is 18.0 Å². The maximum atomic E-state index is 14.7. The van der Waals surface area contributed by atoms with Crippen molar-refractivity contribution in [1.82, 2.24) is 0 Å². The summed E-state index contributed by atoms with van der Waals surface area (Å²) in [5.74, 6) is -2.64. The number of ether oxygens (including phenoxy) is 1. The van der Waals surface area contributed by atoms with Gasteiger partial charge >= 0.3 is 5.97 Å². The van der Waals surface area contributed by atoms with Crippen molar-refractivity contribution in [2.45, 2.75) is 65.2 Å². The second kappa shape index (κ2) is 11.4. The fourth-order valence-electron chi connectivity index (χ4n) is 4.81. The van der Waals surface area contributed by atoms with Gasteiger partial charge in [-0.15, -0.1) is 0 Å². The highest BCUT2D eigenvalue weighted by Gasteiger charge is 2.25. The van der Waals surface area contributed by atoms with Crippen molar-refractivity contribution in [2.24, 2.45) is 17.8 Å². The van der Waals surface area contributed by atoms with Gasteiger partial charge in [0.25, 0.3) is 0 Å². The summed E-state index contributed by atoms with van der Waals surface area (Å²) in [4.78, 5) is 12.3. The van der Waals surface area contributed by atoms with Crippen molar-refractivity contribution in [3.63, 3.8) is 0 Å². The second-order valence-electron chi connectivity index (χ2n) is 9.18. The molecule has 0 bridgehead atoms. The fraction of sp³-hybridized carbons (Fsp3) is 0.481. The van der Waals surface area contributed by atoms with E-state index in [1.165, 1.54) is 63.1 Å². The number of halogens is 3. The molecular formula is C27H30F3NO2. The predicted molar refractivity (Wildman–Crippen MR) is 120 cm³/mol. The van der Waals surface area contributed by atoms with Gasteiger partial charge in [0.15, 0.2) is 0 Å². The molecule has 1 atom stereocenters. The molecule has 0 aliphatic heterocycles. The zero-order valence-electron chi connectivity index (χ0n) is 19.2. The lowest BCUT2D eigenvalue weighted by atomic mass is 9.73. The molecular weight excluding hydrogens is 427 g/mol. The van der Waals surface area contributed by atoms with E-state index in [-0.39, 0.29) is 5.56 Å². The van der Waals surface area contributed by atoms with Crippen LogP contribution in [0.1, 0.15) is 80.3 Å². The van der Waals surface area contributed by atoms with Gasteiger partial charge in [-0.05, 0) is 54.7 Å². The number of benzene rings is 2. The van der Waals surface area contributed by atoms with Crippen molar-refractivity contribution in [3.8, 4) is 11.8 Å². The molecule has 1 saturated carbocycles. The van der Waals surface area contributed by atoms with Crippen molar-refractivity contribution in [2.75, 3.05) is 0 Å². The molecule has 0 spiro atoms. The minimum Gasteiger partial charge on any atom is -0.423 e. The van der Waals surface area contributed by atoms with Gasteiger partial charge in [0.1, 0.15) is 34.8 Å². The van der Waals surface area contributed by atoms with Crippen LogP contribution in [0.25, 0.3) is 0 Å². The van der Waals surface area contributed by atoms with Gasteiger partial charge in [0.05, 0.1) is 5.56 Å². The van der Waals surface area contributed by atoms with Crippen molar-refractivity contribution >= 4 is 5.97 Å². The molecule has 2 aromatic carbocycles. The molecule has 6 heteroatoms. The summed E-state index contributed by atoms with van der Waals surface area (Å²) in [5.41, 5.74) is -0.276. The zero-order chi connectivity index (χ0) is 24.0. The Hall–Kier alpha value is -2.81. The first-order valence-corrected chi connectivity index (χ1v) is 11.7. The third kappa shape index (κ3) is 6.37. The van der Waals surface area contributed by atoms with Gasteiger partial charge in [0.2, 0.25) is 0 Å². The SMILES string of the molecule is CCCCC1CCC(C(C)Cc2ccc(C(=O)Oc3cc(F)c(C#N)c(F)c3)c(F)c2)CC1. The largest absolute Gasteiger partial charge is 0.423 e. The molecule has 2 aromatic rings. The lowest BCUT2D eigenvalue weighted by Crippen LogP contribution is -2.21. The molecule has 0 N–H and O–H groups in total. The van der Waals surface area contributed by atoms with Gasteiger partial charge in [-0.25, -0.2) is 18.0 Å². The molecule has 1 aliphatic carbocycles. The molecule has 3 nitrogen and oxygen atoms in total. The number of hydrogen-bond donors (Lipinski definition) is 0. The van der Waals surface area contributed by atoms with Crippen LogP contribution in [0.4, 0.5) is 13.2 Å². The van der Waals surface area contributed by atoms with Crippen LogP contribution < -0.4 is 4.74 Å². The highest BCUT2D eigenvalue weighted by Crippen LogP contribution is 2.37. The standard InChI is InChI=1S/C27H30F3NO2/c1-3-4-5-18-6-9-20(10-7-18)17(2)12-19-8-11-22(24(28)13-19)27(32)33-21-14-25(29)23(16-31)26(30)15-21/h8,11,13-15,17-18,20H,3-7,9-10,12H2,1-2H3. The highest BCUT2D eigenvalue weighted by atomic mass is 19.1. The zero-order valence-corrected chi connectivity index (χ0v) is 19.2. The first-order chi connectivity index (χ1) is 15.8. The Bertz CT molecular complexity index is 1000. The van der Waals surface area contributed by atoms with E-state index in [1.807, 2.05) is 0 Å². The average molecular weight is 458 g/mol. The summed E-state index contributed by atoms with van der Waals surface area (Å²) in [7, 11) is 0. The molecule has 0 aromatic heterocycles. The van der Waals surface area contributed by atoms with Crippen LogP contribution in [0.3, 0.4) is 0 Å². The lowest BCUT2D eigenvalue weighted by molar-refractivity contribution is 0.0729. The van der Waals surface area contributed by atoms with Crippen molar-refractivity contribution in [3.05, 3.63) is 64.5 Å². The van der Waals surface area contributed by atoms with E-state index < -0.39 is 34.7 Å². The normalized spacial score (nSPS) is 19.0. The monoisotopic (exact) mass is 457 g/mol. The molecule has 3 rings (SSSR count). The summed E-state index contributed by atoms with van der Waals surface area (Å²) in [6.45, 7) is 4.43. The van der Waals surface area contributed by atoms with Crippen LogP contribution >= 0.6 is 0 Å². The van der Waals surface area contributed by atoms with Crippen LogP contribution in [0.15, 0.2) is 30.3 Å². The number of carbonyl (C=O) groups excluding carboxylic acids is 1. The third-order valence-electron chi connectivity index (χ3n) is 6.81. The Morgan fingerprint density at radius 3 is 2.33 bits per heavy atom. The summed E-state index contributed by atoms with van der Waals surface area (Å²) in [6.07, 6.45) is 9.54. The second-order valence-corrected chi connectivity index (χ2v) is 9.18. The summed E-state index contributed by atoms with van der Waals surface area (Å²) < 4.78 is 47.0. The van der Waals surface area contributed by atoms with Crippen LogP contribution in [0, 0.1) is 46.5 Å². The Morgan fingerprint density at radius 2 is 1.76 bits per heavy atom. The maximum Gasteiger partial charge on any atom is 0.346 e. The highest BCUT2D eigenvalue weighted by molar-refractivity contribution is 5.91. The van der Waals surface area contributed by atoms with E-state index in [0.717, 1.165) is 30.0 Å². The number of rotatable bonds is 8. The van der Waals surface area contributed by atoms with Gasteiger partial charge < -0.3 is 4.74 Å². The summed E-state index contributed by atoms with van der Waals surface area (Å²) in [6, 6.07) is 7.22. The summed E-state index contributed by atoms with van der Waals surface area (Å²) >= 11 is 0. The molecule has 0 saturated heterocycles. The minimum atomic E-state index is -1.15. The number of carbonyl (C=O) groups is 1.